The van der Waals surface area contributed by atoms with E-state index in [-0.39, 0.29) is 11.8 Å². The lowest BCUT2D eigenvalue weighted by atomic mass is 9.48. The third kappa shape index (κ3) is 3.63. The number of rotatable bonds is 6. The molecule has 1 aromatic rings. The van der Waals surface area contributed by atoms with Crippen molar-refractivity contribution < 1.29 is 14.7 Å². The summed E-state index contributed by atoms with van der Waals surface area (Å²) in [6.07, 6.45) is 8.62. The molecular formula is C23H31NO3. The molecule has 4 heteroatoms. The Balaban J connectivity index is 1.47. The molecule has 4 saturated carbocycles. The molecule has 0 heterocycles. The van der Waals surface area contributed by atoms with E-state index in [1.807, 2.05) is 26.0 Å². The summed E-state index contributed by atoms with van der Waals surface area (Å²) in [5, 5.41) is 12.0. The van der Waals surface area contributed by atoms with Gasteiger partial charge < -0.3 is 10.4 Å². The number of carbonyl (C=O) groups is 2. The lowest BCUT2D eigenvalue weighted by Gasteiger charge is -2.57. The topological polar surface area (TPSA) is 66.4 Å². The molecule has 146 valence electrons. The highest BCUT2D eigenvalue weighted by molar-refractivity contribution is 5.96. The van der Waals surface area contributed by atoms with Crippen molar-refractivity contribution in [1.29, 1.82) is 0 Å². The summed E-state index contributed by atoms with van der Waals surface area (Å²) in [6, 6.07) is 7.19. The highest BCUT2D eigenvalue weighted by atomic mass is 16.4. The van der Waals surface area contributed by atoms with E-state index in [0.29, 0.717) is 17.4 Å². The Morgan fingerprint density at radius 2 is 1.56 bits per heavy atom. The number of benzene rings is 1. The van der Waals surface area contributed by atoms with Gasteiger partial charge >= 0.3 is 5.97 Å². The number of hydrogen-bond acceptors (Lipinski definition) is 2. The lowest BCUT2D eigenvalue weighted by molar-refractivity contribution is -0.139. The van der Waals surface area contributed by atoms with Crippen LogP contribution in [0, 0.1) is 23.7 Å². The number of aliphatic carboxylic acids is 1. The number of amides is 1. The van der Waals surface area contributed by atoms with Gasteiger partial charge in [0.15, 0.2) is 0 Å². The van der Waals surface area contributed by atoms with Gasteiger partial charge in [-0.1, -0.05) is 26.0 Å². The number of hydrogen-bond donors (Lipinski definition) is 2. The van der Waals surface area contributed by atoms with Gasteiger partial charge in [-0.05, 0) is 91.7 Å². The van der Waals surface area contributed by atoms with Crippen LogP contribution in [0.15, 0.2) is 24.3 Å². The molecule has 1 unspecified atom stereocenters. The standard InChI is InChI=1S/C23H31NO3/c1-14(2)7-20(22(26)27)24-21(25)18-3-5-19(6-4-18)23-11-15-8-16(12-23)10-17(9-15)13-23/h3-6,14-17,20H,7-13H2,1-2H3,(H,24,25)(H,26,27). The van der Waals surface area contributed by atoms with Crippen LogP contribution in [0.2, 0.25) is 0 Å². The molecule has 1 aromatic carbocycles. The molecule has 0 aromatic heterocycles. The second-order valence-corrected chi connectivity index (χ2v) is 9.77. The molecule has 0 radical (unpaired) electrons. The van der Waals surface area contributed by atoms with Crippen LogP contribution in [0.25, 0.3) is 0 Å². The molecule has 4 aliphatic carbocycles. The van der Waals surface area contributed by atoms with Gasteiger partial charge in [0.1, 0.15) is 6.04 Å². The zero-order valence-electron chi connectivity index (χ0n) is 16.4. The molecule has 4 fully saturated rings. The van der Waals surface area contributed by atoms with Gasteiger partial charge in [0, 0.05) is 5.56 Å². The summed E-state index contributed by atoms with van der Waals surface area (Å²) < 4.78 is 0. The minimum atomic E-state index is -0.970. The van der Waals surface area contributed by atoms with Crippen molar-refractivity contribution in [1.82, 2.24) is 5.32 Å². The van der Waals surface area contributed by atoms with Gasteiger partial charge in [0.25, 0.3) is 5.91 Å². The molecule has 4 bridgehead atoms. The van der Waals surface area contributed by atoms with Crippen LogP contribution in [0.5, 0.6) is 0 Å². The Morgan fingerprint density at radius 3 is 2.00 bits per heavy atom. The van der Waals surface area contributed by atoms with E-state index >= 15 is 0 Å². The first-order valence-corrected chi connectivity index (χ1v) is 10.5. The Bertz CT molecular complexity index is 686. The fourth-order valence-corrected chi connectivity index (χ4v) is 6.37. The van der Waals surface area contributed by atoms with E-state index in [4.69, 9.17) is 0 Å². The van der Waals surface area contributed by atoms with Gasteiger partial charge in [-0.15, -0.1) is 0 Å². The molecule has 1 amide bonds. The first kappa shape index (κ1) is 18.5. The molecule has 0 saturated heterocycles. The zero-order chi connectivity index (χ0) is 19.2. The highest BCUT2D eigenvalue weighted by Crippen LogP contribution is 2.60. The first-order chi connectivity index (χ1) is 12.8. The van der Waals surface area contributed by atoms with Gasteiger partial charge in [-0.3, -0.25) is 4.79 Å². The van der Waals surface area contributed by atoms with Gasteiger partial charge in [0.2, 0.25) is 0 Å². The molecule has 4 aliphatic rings. The maximum atomic E-state index is 12.5. The van der Waals surface area contributed by atoms with Crippen molar-refractivity contribution in [3.63, 3.8) is 0 Å². The van der Waals surface area contributed by atoms with E-state index in [1.54, 1.807) is 0 Å². The van der Waals surface area contributed by atoms with Crippen molar-refractivity contribution in [2.45, 2.75) is 70.3 Å². The molecule has 27 heavy (non-hydrogen) atoms. The average molecular weight is 370 g/mol. The maximum Gasteiger partial charge on any atom is 0.326 e. The predicted octanol–water partition coefficient (Wildman–Crippen LogP) is 4.38. The minimum Gasteiger partial charge on any atom is -0.480 e. The van der Waals surface area contributed by atoms with E-state index in [0.717, 1.165) is 17.8 Å². The first-order valence-electron chi connectivity index (χ1n) is 10.5. The summed E-state index contributed by atoms with van der Waals surface area (Å²) in [5.41, 5.74) is 2.26. The quantitative estimate of drug-likeness (QED) is 0.782. The van der Waals surface area contributed by atoms with Gasteiger partial charge in [0.05, 0.1) is 0 Å². The van der Waals surface area contributed by atoms with E-state index in [9.17, 15) is 14.7 Å². The Labute approximate surface area is 161 Å². The zero-order valence-corrected chi connectivity index (χ0v) is 16.4. The van der Waals surface area contributed by atoms with Crippen molar-refractivity contribution in [2.75, 3.05) is 0 Å². The van der Waals surface area contributed by atoms with Gasteiger partial charge in [-0.2, -0.15) is 0 Å². The summed E-state index contributed by atoms with van der Waals surface area (Å²) in [6.45, 7) is 3.92. The Kier molecular flexibility index (Phi) is 4.77. The average Bonchev–Trinajstić information content (AvgIpc) is 2.59. The summed E-state index contributed by atoms with van der Waals surface area (Å²) in [7, 11) is 0. The van der Waals surface area contributed by atoms with Crippen LogP contribution in [0.1, 0.15) is 74.7 Å². The lowest BCUT2D eigenvalue weighted by Crippen LogP contribution is -2.48. The van der Waals surface area contributed by atoms with E-state index in [2.05, 4.69) is 17.4 Å². The summed E-state index contributed by atoms with van der Waals surface area (Å²) in [5.74, 6) is 1.64. The van der Waals surface area contributed by atoms with Crippen LogP contribution in [0.4, 0.5) is 0 Å². The van der Waals surface area contributed by atoms with Crippen molar-refractivity contribution in [3.05, 3.63) is 35.4 Å². The number of carboxylic acids is 1. The highest BCUT2D eigenvalue weighted by Gasteiger charge is 2.51. The summed E-state index contributed by atoms with van der Waals surface area (Å²) >= 11 is 0. The molecular weight excluding hydrogens is 338 g/mol. The number of carboxylic acid groups (broad SMARTS) is 1. The van der Waals surface area contributed by atoms with E-state index in [1.165, 1.54) is 44.1 Å². The number of nitrogens with one attached hydrogen (secondary N) is 1. The molecule has 0 spiro atoms. The van der Waals surface area contributed by atoms with Crippen LogP contribution in [-0.4, -0.2) is 23.0 Å². The SMILES string of the molecule is CC(C)CC(NC(=O)c1ccc(C23CC4CC(CC(C4)C2)C3)cc1)C(=O)O. The molecule has 0 aliphatic heterocycles. The van der Waals surface area contributed by atoms with Crippen molar-refractivity contribution in [3.8, 4) is 0 Å². The van der Waals surface area contributed by atoms with E-state index < -0.39 is 12.0 Å². The van der Waals surface area contributed by atoms with Gasteiger partial charge in [-0.25, -0.2) is 4.79 Å². The Morgan fingerprint density at radius 1 is 1.04 bits per heavy atom. The van der Waals surface area contributed by atoms with Crippen molar-refractivity contribution >= 4 is 11.9 Å². The molecule has 4 nitrogen and oxygen atoms in total. The third-order valence-electron chi connectivity index (χ3n) is 7.11. The normalized spacial score (nSPS) is 32.5. The van der Waals surface area contributed by atoms with Crippen LogP contribution in [-0.2, 0) is 10.2 Å². The molecule has 1 atom stereocenters. The minimum absolute atomic E-state index is 0.213. The summed E-state index contributed by atoms with van der Waals surface area (Å²) in [4.78, 5) is 23.9. The largest absolute Gasteiger partial charge is 0.480 e. The fourth-order valence-electron chi connectivity index (χ4n) is 6.37. The Hall–Kier alpha value is -1.84. The monoisotopic (exact) mass is 369 g/mol. The van der Waals surface area contributed by atoms with Crippen molar-refractivity contribution in [2.24, 2.45) is 23.7 Å². The maximum absolute atomic E-state index is 12.5. The fraction of sp³-hybridized carbons (Fsp3) is 0.652. The number of carbonyl (C=O) groups excluding carboxylic acids is 1. The second-order valence-electron chi connectivity index (χ2n) is 9.77. The third-order valence-corrected chi connectivity index (χ3v) is 7.11. The van der Waals surface area contributed by atoms with Crippen LogP contribution >= 0.6 is 0 Å². The van der Waals surface area contributed by atoms with Crippen LogP contribution in [0.3, 0.4) is 0 Å². The smallest absolute Gasteiger partial charge is 0.326 e. The molecule has 5 rings (SSSR count). The molecule has 2 N–H and O–H groups in total. The second kappa shape index (κ2) is 6.96. The van der Waals surface area contributed by atoms with Crippen LogP contribution < -0.4 is 5.32 Å². The predicted molar refractivity (Wildman–Crippen MR) is 105 cm³/mol.